The number of aromatic nitrogens is 2. The van der Waals surface area contributed by atoms with Gasteiger partial charge in [-0.2, -0.15) is 0 Å². The molecule has 0 radical (unpaired) electrons. The van der Waals surface area contributed by atoms with E-state index in [0.29, 0.717) is 11.7 Å². The highest BCUT2D eigenvalue weighted by Gasteiger charge is 2.17. The summed E-state index contributed by atoms with van der Waals surface area (Å²) >= 11 is 6.29. The van der Waals surface area contributed by atoms with Crippen LogP contribution in [0.5, 0.6) is 5.75 Å². The Morgan fingerprint density at radius 1 is 1.50 bits per heavy atom. The molecular weight excluding hydrogens is 250 g/mol. The van der Waals surface area contributed by atoms with Crippen LogP contribution in [0.3, 0.4) is 0 Å². The van der Waals surface area contributed by atoms with E-state index in [2.05, 4.69) is 11.1 Å². The van der Waals surface area contributed by atoms with Crippen molar-refractivity contribution in [1.82, 2.24) is 9.55 Å². The van der Waals surface area contributed by atoms with Crippen LogP contribution in [0.25, 0.3) is 11.3 Å². The second-order valence-electron chi connectivity index (χ2n) is 4.35. The first kappa shape index (κ1) is 11.6. The fourth-order valence-electron chi connectivity index (χ4n) is 2.22. The van der Waals surface area contributed by atoms with Crippen LogP contribution < -0.4 is 10.5 Å². The zero-order valence-electron chi connectivity index (χ0n) is 10.1. The van der Waals surface area contributed by atoms with Gasteiger partial charge in [0.05, 0.1) is 13.2 Å². The molecule has 0 fully saturated rings. The van der Waals surface area contributed by atoms with Gasteiger partial charge >= 0.3 is 0 Å². The molecule has 18 heavy (non-hydrogen) atoms. The van der Waals surface area contributed by atoms with E-state index < -0.39 is 0 Å². The van der Waals surface area contributed by atoms with Crippen LogP contribution >= 0.6 is 11.6 Å². The van der Waals surface area contributed by atoms with Crippen molar-refractivity contribution in [1.29, 1.82) is 0 Å². The van der Waals surface area contributed by atoms with Gasteiger partial charge in [0.2, 0.25) is 0 Å². The van der Waals surface area contributed by atoms with Crippen molar-refractivity contribution in [3.05, 3.63) is 34.7 Å². The summed E-state index contributed by atoms with van der Waals surface area (Å²) in [5, 5.41) is 0.620. The first-order valence-electron chi connectivity index (χ1n) is 5.88. The van der Waals surface area contributed by atoms with E-state index in [0.717, 1.165) is 35.9 Å². The molecule has 1 aliphatic heterocycles. The molecule has 0 unspecified atom stereocenters. The van der Waals surface area contributed by atoms with Gasteiger partial charge in [-0.25, -0.2) is 4.98 Å². The minimum atomic E-state index is 0.379. The number of nitrogens with zero attached hydrogens (tertiary/aromatic N) is 2. The van der Waals surface area contributed by atoms with Gasteiger partial charge < -0.3 is 15.0 Å². The summed E-state index contributed by atoms with van der Waals surface area (Å²) < 4.78 is 7.31. The molecule has 1 aliphatic rings. The lowest BCUT2D eigenvalue weighted by Gasteiger charge is -2.02. The third-order valence-electron chi connectivity index (χ3n) is 3.26. The SMILES string of the molecule is Cn1c(CN)nc(-c2ccc3c(c2)CCO3)c1Cl. The number of hydrogen-bond acceptors (Lipinski definition) is 3. The molecule has 1 aromatic heterocycles. The van der Waals surface area contributed by atoms with Gasteiger partial charge in [0.25, 0.3) is 0 Å². The fraction of sp³-hybridized carbons (Fsp3) is 0.308. The normalized spacial score (nSPS) is 13.5. The topological polar surface area (TPSA) is 53.1 Å². The van der Waals surface area contributed by atoms with E-state index in [9.17, 15) is 0 Å². The monoisotopic (exact) mass is 263 g/mol. The van der Waals surface area contributed by atoms with Crippen molar-refractivity contribution in [3.8, 4) is 17.0 Å². The van der Waals surface area contributed by atoms with Crippen LogP contribution in [0.4, 0.5) is 0 Å². The third kappa shape index (κ3) is 1.69. The van der Waals surface area contributed by atoms with Crippen molar-refractivity contribution < 1.29 is 4.74 Å². The Labute approximate surface area is 110 Å². The molecule has 2 N–H and O–H groups in total. The average Bonchev–Trinajstić information content (AvgIpc) is 2.95. The van der Waals surface area contributed by atoms with E-state index in [-0.39, 0.29) is 0 Å². The van der Waals surface area contributed by atoms with Crippen LogP contribution in [0, 0.1) is 0 Å². The van der Waals surface area contributed by atoms with Crippen LogP contribution in [-0.2, 0) is 20.0 Å². The zero-order valence-corrected chi connectivity index (χ0v) is 10.9. The summed E-state index contributed by atoms with van der Waals surface area (Å²) in [5.74, 6) is 1.75. The Bertz CT molecular complexity index is 607. The molecule has 3 rings (SSSR count). The molecule has 94 valence electrons. The van der Waals surface area contributed by atoms with Crippen molar-refractivity contribution in [3.63, 3.8) is 0 Å². The van der Waals surface area contributed by atoms with Gasteiger partial charge in [0, 0.05) is 19.0 Å². The van der Waals surface area contributed by atoms with Gasteiger partial charge in [-0.1, -0.05) is 11.6 Å². The van der Waals surface area contributed by atoms with Crippen molar-refractivity contribution >= 4 is 11.6 Å². The molecular formula is C13H14ClN3O. The lowest BCUT2D eigenvalue weighted by atomic mass is 10.1. The van der Waals surface area contributed by atoms with E-state index in [1.165, 1.54) is 5.56 Å². The second-order valence-corrected chi connectivity index (χ2v) is 4.71. The number of hydrogen-bond donors (Lipinski definition) is 1. The maximum Gasteiger partial charge on any atom is 0.136 e. The van der Waals surface area contributed by atoms with Crippen molar-refractivity contribution in [2.24, 2.45) is 12.8 Å². The zero-order chi connectivity index (χ0) is 12.7. The molecule has 2 heterocycles. The van der Waals surface area contributed by atoms with Gasteiger partial charge in [0.15, 0.2) is 0 Å². The molecule has 0 saturated carbocycles. The quantitative estimate of drug-likeness (QED) is 0.903. The highest BCUT2D eigenvalue weighted by Crippen LogP contribution is 2.33. The van der Waals surface area contributed by atoms with Crippen molar-refractivity contribution in [2.75, 3.05) is 6.61 Å². The van der Waals surface area contributed by atoms with E-state index in [1.807, 2.05) is 23.7 Å². The number of fused-ring (bicyclic) bond motifs is 1. The summed E-state index contributed by atoms with van der Waals surface area (Å²) in [4.78, 5) is 4.49. The molecule has 0 aliphatic carbocycles. The number of rotatable bonds is 2. The predicted molar refractivity (Wildman–Crippen MR) is 70.7 cm³/mol. The van der Waals surface area contributed by atoms with Crippen molar-refractivity contribution in [2.45, 2.75) is 13.0 Å². The minimum Gasteiger partial charge on any atom is -0.493 e. The molecule has 0 saturated heterocycles. The van der Waals surface area contributed by atoms with Crippen LogP contribution in [0.1, 0.15) is 11.4 Å². The molecule has 4 nitrogen and oxygen atoms in total. The number of benzene rings is 1. The molecule has 0 bridgehead atoms. The number of imidazole rings is 1. The first-order chi connectivity index (χ1) is 8.70. The summed E-state index contributed by atoms with van der Waals surface area (Å²) in [7, 11) is 1.87. The molecule has 1 aromatic carbocycles. The lowest BCUT2D eigenvalue weighted by molar-refractivity contribution is 0.357. The maximum absolute atomic E-state index is 6.29. The first-order valence-corrected chi connectivity index (χ1v) is 6.25. The van der Waals surface area contributed by atoms with E-state index in [1.54, 1.807) is 0 Å². The smallest absolute Gasteiger partial charge is 0.136 e. The molecule has 0 amide bonds. The Morgan fingerprint density at radius 2 is 2.33 bits per heavy atom. The Balaban J connectivity index is 2.10. The summed E-state index contributed by atoms with van der Waals surface area (Å²) in [6.07, 6.45) is 0.942. The molecule has 0 spiro atoms. The van der Waals surface area contributed by atoms with Gasteiger partial charge in [0.1, 0.15) is 22.4 Å². The van der Waals surface area contributed by atoms with E-state index in [4.69, 9.17) is 22.1 Å². The Morgan fingerprint density at radius 3 is 3.06 bits per heavy atom. The molecule has 2 aromatic rings. The fourth-order valence-corrected chi connectivity index (χ4v) is 2.47. The summed E-state index contributed by atoms with van der Waals surface area (Å²) in [6.45, 7) is 1.13. The largest absolute Gasteiger partial charge is 0.493 e. The average molecular weight is 264 g/mol. The van der Waals surface area contributed by atoms with Crippen LogP contribution in [0.2, 0.25) is 5.15 Å². The highest BCUT2D eigenvalue weighted by atomic mass is 35.5. The summed E-state index contributed by atoms with van der Waals surface area (Å²) in [6, 6.07) is 6.06. The standard InChI is InChI=1S/C13H14ClN3O/c1-17-11(7-15)16-12(13(17)14)9-2-3-10-8(6-9)4-5-18-10/h2-3,6H,4-5,7,15H2,1H3. The van der Waals surface area contributed by atoms with E-state index >= 15 is 0 Å². The van der Waals surface area contributed by atoms with Crippen LogP contribution in [-0.4, -0.2) is 16.2 Å². The predicted octanol–water partition coefficient (Wildman–Crippen LogP) is 2.13. The second kappa shape index (κ2) is 4.30. The van der Waals surface area contributed by atoms with Gasteiger partial charge in [-0.15, -0.1) is 0 Å². The lowest BCUT2D eigenvalue weighted by Crippen LogP contribution is -2.04. The Kier molecular flexibility index (Phi) is 2.76. The Hall–Kier alpha value is -1.52. The van der Waals surface area contributed by atoms with Crippen LogP contribution in [0.15, 0.2) is 18.2 Å². The third-order valence-corrected chi connectivity index (χ3v) is 3.70. The molecule has 5 heteroatoms. The van der Waals surface area contributed by atoms with Gasteiger partial charge in [-0.3, -0.25) is 0 Å². The highest BCUT2D eigenvalue weighted by molar-refractivity contribution is 6.32. The summed E-state index contributed by atoms with van der Waals surface area (Å²) in [5.41, 5.74) is 8.65. The van der Waals surface area contributed by atoms with Gasteiger partial charge in [-0.05, 0) is 23.8 Å². The number of nitrogens with two attached hydrogens (primary N) is 1. The molecule has 0 atom stereocenters. The number of ether oxygens (including phenoxy) is 1. The number of halogens is 1. The maximum atomic E-state index is 6.29. The minimum absolute atomic E-state index is 0.379.